The van der Waals surface area contributed by atoms with Gasteiger partial charge in [-0.15, -0.1) is 0 Å². The van der Waals surface area contributed by atoms with Gasteiger partial charge in [0.05, 0.1) is 0 Å². The molecular formula is C17H20N2O3. The van der Waals surface area contributed by atoms with Gasteiger partial charge in [-0.2, -0.15) is 5.26 Å². The van der Waals surface area contributed by atoms with Crippen LogP contribution in [0.2, 0.25) is 0 Å². The number of nitrogens with zero attached hydrogens (tertiary/aromatic N) is 1. The third-order valence-electron chi connectivity index (χ3n) is 4.10. The fourth-order valence-electron chi connectivity index (χ4n) is 2.72. The first-order chi connectivity index (χ1) is 10.5. The Morgan fingerprint density at radius 2 is 2.05 bits per heavy atom. The van der Waals surface area contributed by atoms with E-state index in [1.54, 1.807) is 0 Å². The van der Waals surface area contributed by atoms with Crippen LogP contribution in [0.1, 0.15) is 38.2 Å². The molecule has 0 saturated heterocycles. The summed E-state index contributed by atoms with van der Waals surface area (Å²) in [4.78, 5) is 12.2. The predicted octanol–water partition coefficient (Wildman–Crippen LogP) is 2.70. The number of carbonyl (C=O) groups is 1. The van der Waals surface area contributed by atoms with Crippen molar-refractivity contribution in [3.63, 3.8) is 0 Å². The molecule has 1 saturated carbocycles. The van der Waals surface area contributed by atoms with Crippen LogP contribution in [-0.2, 0) is 4.79 Å². The molecule has 0 aliphatic heterocycles. The molecule has 1 amide bonds. The van der Waals surface area contributed by atoms with E-state index in [1.165, 1.54) is 30.7 Å². The van der Waals surface area contributed by atoms with Crippen LogP contribution in [0, 0.1) is 17.2 Å². The molecule has 116 valence electrons. The Balaban J connectivity index is 2.13. The van der Waals surface area contributed by atoms with Crippen molar-refractivity contribution in [3.8, 4) is 17.6 Å². The molecule has 0 heterocycles. The van der Waals surface area contributed by atoms with Gasteiger partial charge < -0.3 is 15.5 Å². The normalized spacial score (nSPS) is 21.9. The van der Waals surface area contributed by atoms with E-state index < -0.39 is 5.91 Å². The number of phenols is 2. The van der Waals surface area contributed by atoms with Gasteiger partial charge in [0, 0.05) is 6.04 Å². The zero-order valence-electron chi connectivity index (χ0n) is 12.5. The SMILES string of the molecule is C[C@H]1CCCC[C@H]1NC(=O)/C(C#N)=C/c1ccc(O)c(O)c1. The highest BCUT2D eigenvalue weighted by Gasteiger charge is 2.24. The molecule has 0 radical (unpaired) electrons. The van der Waals surface area contributed by atoms with E-state index in [4.69, 9.17) is 0 Å². The van der Waals surface area contributed by atoms with Crippen LogP contribution in [0.25, 0.3) is 6.08 Å². The summed E-state index contributed by atoms with van der Waals surface area (Å²) in [6, 6.07) is 6.15. The van der Waals surface area contributed by atoms with E-state index in [1.807, 2.05) is 6.07 Å². The minimum absolute atomic E-state index is 0.0112. The third kappa shape index (κ3) is 3.79. The van der Waals surface area contributed by atoms with Gasteiger partial charge in [0.25, 0.3) is 5.91 Å². The zero-order chi connectivity index (χ0) is 16.1. The summed E-state index contributed by atoms with van der Waals surface area (Å²) in [6.45, 7) is 2.11. The molecule has 2 rings (SSSR count). The number of carbonyl (C=O) groups excluding carboxylic acids is 1. The lowest BCUT2D eigenvalue weighted by Gasteiger charge is -2.29. The molecule has 0 spiro atoms. The number of phenolic OH excluding ortho intramolecular Hbond substituents is 2. The van der Waals surface area contributed by atoms with Crippen LogP contribution in [0.4, 0.5) is 0 Å². The largest absolute Gasteiger partial charge is 0.504 e. The van der Waals surface area contributed by atoms with Crippen LogP contribution in [0.3, 0.4) is 0 Å². The van der Waals surface area contributed by atoms with Gasteiger partial charge in [0.1, 0.15) is 11.6 Å². The van der Waals surface area contributed by atoms with Gasteiger partial charge in [0.15, 0.2) is 11.5 Å². The fraction of sp³-hybridized carbons (Fsp3) is 0.412. The average Bonchev–Trinajstić information content (AvgIpc) is 2.50. The number of hydrogen-bond donors (Lipinski definition) is 3. The molecule has 0 unspecified atom stereocenters. The molecule has 1 aliphatic carbocycles. The van der Waals surface area contributed by atoms with E-state index in [0.717, 1.165) is 19.3 Å². The maximum absolute atomic E-state index is 12.2. The van der Waals surface area contributed by atoms with E-state index in [9.17, 15) is 20.3 Å². The highest BCUT2D eigenvalue weighted by molar-refractivity contribution is 6.01. The van der Waals surface area contributed by atoms with Gasteiger partial charge in [0.2, 0.25) is 0 Å². The topological polar surface area (TPSA) is 93.4 Å². The summed E-state index contributed by atoms with van der Waals surface area (Å²) >= 11 is 0. The second-order valence-electron chi connectivity index (χ2n) is 5.76. The molecule has 22 heavy (non-hydrogen) atoms. The lowest BCUT2D eigenvalue weighted by Crippen LogP contribution is -2.41. The Hall–Kier alpha value is -2.48. The summed E-state index contributed by atoms with van der Waals surface area (Å²) in [5.41, 5.74) is 0.474. The highest BCUT2D eigenvalue weighted by Crippen LogP contribution is 2.26. The Labute approximate surface area is 129 Å². The first-order valence-electron chi connectivity index (χ1n) is 7.46. The van der Waals surface area contributed by atoms with E-state index in [2.05, 4.69) is 12.2 Å². The lowest BCUT2D eigenvalue weighted by molar-refractivity contribution is -0.118. The Morgan fingerprint density at radius 1 is 1.32 bits per heavy atom. The van der Waals surface area contributed by atoms with Crippen molar-refractivity contribution in [2.75, 3.05) is 0 Å². The molecule has 1 aromatic carbocycles. The van der Waals surface area contributed by atoms with Crippen LogP contribution < -0.4 is 5.32 Å². The molecular weight excluding hydrogens is 280 g/mol. The molecule has 5 heteroatoms. The van der Waals surface area contributed by atoms with E-state index in [-0.39, 0.29) is 23.1 Å². The van der Waals surface area contributed by atoms with Crippen LogP contribution >= 0.6 is 0 Å². The molecule has 1 aliphatic rings. The quantitative estimate of drug-likeness (QED) is 0.454. The third-order valence-corrected chi connectivity index (χ3v) is 4.10. The van der Waals surface area contributed by atoms with Crippen molar-refractivity contribution in [1.29, 1.82) is 5.26 Å². The van der Waals surface area contributed by atoms with Gasteiger partial charge in [-0.25, -0.2) is 0 Å². The molecule has 0 bridgehead atoms. The standard InChI is InChI=1S/C17H20N2O3/c1-11-4-2-3-5-14(11)19-17(22)13(10-18)8-12-6-7-15(20)16(21)9-12/h6-9,11,14,20-21H,2-5H2,1H3,(H,19,22)/b13-8+/t11-,14+/m0/s1. The van der Waals surface area contributed by atoms with Crippen LogP contribution in [0.5, 0.6) is 11.5 Å². The van der Waals surface area contributed by atoms with Gasteiger partial charge in [-0.3, -0.25) is 4.79 Å². The molecule has 2 atom stereocenters. The second-order valence-corrected chi connectivity index (χ2v) is 5.76. The number of nitriles is 1. The highest BCUT2D eigenvalue weighted by atomic mass is 16.3. The first-order valence-corrected chi connectivity index (χ1v) is 7.46. The number of hydrogen-bond acceptors (Lipinski definition) is 4. The summed E-state index contributed by atoms with van der Waals surface area (Å²) in [7, 11) is 0. The van der Waals surface area contributed by atoms with Crippen LogP contribution in [-0.4, -0.2) is 22.2 Å². The van der Waals surface area contributed by atoms with Crippen molar-refractivity contribution in [3.05, 3.63) is 29.3 Å². The van der Waals surface area contributed by atoms with Crippen molar-refractivity contribution in [2.45, 2.75) is 38.6 Å². The van der Waals surface area contributed by atoms with Gasteiger partial charge >= 0.3 is 0 Å². The summed E-state index contributed by atoms with van der Waals surface area (Å²) in [6.07, 6.45) is 5.70. The number of rotatable bonds is 3. The van der Waals surface area contributed by atoms with Crippen LogP contribution in [0.15, 0.2) is 23.8 Å². The lowest BCUT2D eigenvalue weighted by atomic mass is 9.86. The van der Waals surface area contributed by atoms with Gasteiger partial charge in [-0.05, 0) is 42.5 Å². The molecule has 5 nitrogen and oxygen atoms in total. The zero-order valence-corrected chi connectivity index (χ0v) is 12.5. The monoisotopic (exact) mass is 300 g/mol. The number of benzene rings is 1. The number of aromatic hydroxyl groups is 2. The second kappa shape index (κ2) is 6.99. The molecule has 1 fully saturated rings. The van der Waals surface area contributed by atoms with E-state index >= 15 is 0 Å². The fourth-order valence-corrected chi connectivity index (χ4v) is 2.72. The van der Waals surface area contributed by atoms with Crippen molar-refractivity contribution >= 4 is 12.0 Å². The van der Waals surface area contributed by atoms with Crippen molar-refractivity contribution in [2.24, 2.45) is 5.92 Å². The maximum Gasteiger partial charge on any atom is 0.262 e. The minimum Gasteiger partial charge on any atom is -0.504 e. The Kier molecular flexibility index (Phi) is 5.05. The summed E-state index contributed by atoms with van der Waals surface area (Å²) < 4.78 is 0. The molecule has 1 aromatic rings. The maximum atomic E-state index is 12.2. The first kappa shape index (κ1) is 15.9. The Morgan fingerprint density at radius 3 is 2.68 bits per heavy atom. The van der Waals surface area contributed by atoms with Crippen molar-refractivity contribution < 1.29 is 15.0 Å². The summed E-state index contributed by atoms with van der Waals surface area (Å²) in [5, 5.41) is 30.8. The predicted molar refractivity (Wildman–Crippen MR) is 82.9 cm³/mol. The van der Waals surface area contributed by atoms with E-state index in [0.29, 0.717) is 11.5 Å². The average molecular weight is 300 g/mol. The number of amides is 1. The molecule has 0 aromatic heterocycles. The van der Waals surface area contributed by atoms with Gasteiger partial charge in [-0.1, -0.05) is 25.8 Å². The number of nitrogens with one attached hydrogen (secondary N) is 1. The Bertz CT molecular complexity index is 631. The van der Waals surface area contributed by atoms with Crippen molar-refractivity contribution in [1.82, 2.24) is 5.32 Å². The summed E-state index contributed by atoms with van der Waals surface area (Å²) in [5.74, 6) is -0.507. The minimum atomic E-state index is -0.395. The smallest absolute Gasteiger partial charge is 0.262 e. The molecule has 3 N–H and O–H groups in total.